The number of thiophene rings is 1. The zero-order chi connectivity index (χ0) is 21.2. The maximum Gasteiger partial charge on any atom is 0.156 e. The number of piperidine rings is 1. The lowest BCUT2D eigenvalue weighted by molar-refractivity contribution is 0.162. The molecule has 3 aromatic heterocycles. The van der Waals surface area contributed by atoms with Gasteiger partial charge in [0.25, 0.3) is 0 Å². The fraction of sp³-hybridized carbons (Fsp3) is 0.400. The van der Waals surface area contributed by atoms with E-state index in [1.54, 1.807) is 11.3 Å². The number of imidazole rings is 1. The van der Waals surface area contributed by atoms with E-state index < -0.39 is 0 Å². The van der Waals surface area contributed by atoms with E-state index in [-0.39, 0.29) is 12.4 Å². The molecule has 4 aromatic rings. The first kappa shape index (κ1) is 22.9. The standard InChI is InChI=1S/C25H30N4OS.ClH/c1-18-17-29(25(27-18)23-16-24-22(28(23)2)11-15-31-24)14-3-4-19-5-7-20(8-6-19)30-21-9-12-26-13-10-21;/h5-8,11,15-17,21,26H,3-4,9-10,12-14H2,1-2H3;1H. The highest BCUT2D eigenvalue weighted by molar-refractivity contribution is 7.17. The fourth-order valence-corrected chi connectivity index (χ4v) is 5.33. The average molecular weight is 471 g/mol. The Kier molecular flexibility index (Phi) is 7.23. The van der Waals surface area contributed by atoms with Gasteiger partial charge in [0.1, 0.15) is 11.9 Å². The Balaban J connectivity index is 0.00000245. The van der Waals surface area contributed by atoms with Crippen molar-refractivity contribution in [1.29, 1.82) is 0 Å². The molecule has 4 heterocycles. The Morgan fingerprint density at radius 3 is 2.69 bits per heavy atom. The van der Waals surface area contributed by atoms with E-state index >= 15 is 0 Å². The van der Waals surface area contributed by atoms with E-state index in [9.17, 15) is 0 Å². The van der Waals surface area contributed by atoms with Gasteiger partial charge in [0.05, 0.1) is 21.6 Å². The largest absolute Gasteiger partial charge is 0.490 e. The molecule has 0 radical (unpaired) electrons. The minimum atomic E-state index is 0. The molecular weight excluding hydrogens is 440 g/mol. The van der Waals surface area contributed by atoms with Gasteiger partial charge in [0, 0.05) is 19.8 Å². The molecule has 0 spiro atoms. The number of aryl methyl sites for hydroxylation is 4. The van der Waals surface area contributed by atoms with Gasteiger partial charge < -0.3 is 19.2 Å². The van der Waals surface area contributed by atoms with Gasteiger partial charge in [-0.05, 0) is 80.9 Å². The number of ether oxygens (including phenoxy) is 1. The van der Waals surface area contributed by atoms with E-state index in [1.807, 2.05) is 0 Å². The Bertz CT molecular complexity index is 1150. The Hall–Kier alpha value is -2.28. The summed E-state index contributed by atoms with van der Waals surface area (Å²) in [6, 6.07) is 13.1. The highest BCUT2D eigenvalue weighted by Crippen LogP contribution is 2.30. The molecule has 0 saturated carbocycles. The molecule has 0 unspecified atom stereocenters. The Morgan fingerprint density at radius 2 is 1.94 bits per heavy atom. The van der Waals surface area contributed by atoms with Crippen LogP contribution in [0.5, 0.6) is 5.75 Å². The lowest BCUT2D eigenvalue weighted by Gasteiger charge is -2.23. The van der Waals surface area contributed by atoms with Crippen molar-refractivity contribution in [2.75, 3.05) is 13.1 Å². The molecule has 0 bridgehead atoms. The Morgan fingerprint density at radius 1 is 1.16 bits per heavy atom. The van der Waals surface area contributed by atoms with Crippen LogP contribution in [0.2, 0.25) is 0 Å². The summed E-state index contributed by atoms with van der Waals surface area (Å²) < 4.78 is 12.0. The molecule has 1 saturated heterocycles. The number of nitrogens with one attached hydrogen (secondary N) is 1. The van der Waals surface area contributed by atoms with Crippen molar-refractivity contribution < 1.29 is 4.74 Å². The third-order valence-corrected chi connectivity index (χ3v) is 7.02. The van der Waals surface area contributed by atoms with Gasteiger partial charge in [-0.1, -0.05) is 12.1 Å². The van der Waals surface area contributed by atoms with Gasteiger partial charge >= 0.3 is 0 Å². The van der Waals surface area contributed by atoms with Gasteiger partial charge in [-0.25, -0.2) is 4.98 Å². The molecular formula is C25H31ClN4OS. The molecule has 32 heavy (non-hydrogen) atoms. The molecule has 0 amide bonds. The summed E-state index contributed by atoms with van der Waals surface area (Å²) in [6.07, 6.45) is 6.83. The second kappa shape index (κ2) is 10.1. The summed E-state index contributed by atoms with van der Waals surface area (Å²) in [5.41, 5.74) is 4.89. The van der Waals surface area contributed by atoms with Crippen molar-refractivity contribution in [2.45, 2.75) is 45.3 Å². The SMILES string of the molecule is Cc1cn(CCCc2ccc(OC3CCNCC3)cc2)c(-c2cc3sccc3n2C)n1.Cl. The molecule has 7 heteroatoms. The molecule has 0 aliphatic carbocycles. The summed E-state index contributed by atoms with van der Waals surface area (Å²) in [5.74, 6) is 2.06. The quantitative estimate of drug-likeness (QED) is 0.382. The number of hydrogen-bond acceptors (Lipinski definition) is 4. The lowest BCUT2D eigenvalue weighted by atomic mass is 10.1. The summed E-state index contributed by atoms with van der Waals surface area (Å²) in [6.45, 7) is 5.15. The molecule has 1 N–H and O–H groups in total. The van der Waals surface area contributed by atoms with Crippen molar-refractivity contribution in [2.24, 2.45) is 7.05 Å². The van der Waals surface area contributed by atoms with Crippen LogP contribution in [0.3, 0.4) is 0 Å². The smallest absolute Gasteiger partial charge is 0.156 e. The second-order valence-corrected chi connectivity index (χ2v) is 9.42. The predicted octanol–water partition coefficient (Wildman–Crippen LogP) is 5.60. The van der Waals surface area contributed by atoms with Gasteiger partial charge in [0.15, 0.2) is 5.82 Å². The van der Waals surface area contributed by atoms with Crippen LogP contribution in [0, 0.1) is 6.92 Å². The number of rotatable bonds is 7. The zero-order valence-corrected chi connectivity index (χ0v) is 20.3. The third-order valence-electron chi connectivity index (χ3n) is 6.17. The monoisotopic (exact) mass is 470 g/mol. The van der Waals surface area contributed by atoms with Crippen LogP contribution < -0.4 is 10.1 Å². The number of fused-ring (bicyclic) bond motifs is 1. The predicted molar refractivity (Wildman–Crippen MR) is 135 cm³/mol. The molecule has 0 atom stereocenters. The molecule has 1 fully saturated rings. The molecule has 170 valence electrons. The van der Waals surface area contributed by atoms with Crippen molar-refractivity contribution >= 4 is 34.0 Å². The van der Waals surface area contributed by atoms with Crippen LogP contribution in [0.25, 0.3) is 21.7 Å². The number of halogens is 1. The topological polar surface area (TPSA) is 44.0 Å². The van der Waals surface area contributed by atoms with E-state index in [4.69, 9.17) is 9.72 Å². The molecule has 1 aliphatic rings. The number of benzene rings is 1. The van der Waals surface area contributed by atoms with E-state index in [0.717, 1.165) is 62.6 Å². The summed E-state index contributed by atoms with van der Waals surface area (Å²) in [5, 5.41) is 5.53. The highest BCUT2D eigenvalue weighted by Gasteiger charge is 2.16. The normalized spacial score (nSPS) is 14.6. The maximum atomic E-state index is 6.13. The van der Waals surface area contributed by atoms with Crippen LogP contribution >= 0.6 is 23.7 Å². The zero-order valence-electron chi connectivity index (χ0n) is 18.7. The molecule has 5 nitrogen and oxygen atoms in total. The summed E-state index contributed by atoms with van der Waals surface area (Å²) in [7, 11) is 2.13. The maximum absolute atomic E-state index is 6.13. The van der Waals surface area contributed by atoms with E-state index in [1.165, 1.54) is 21.5 Å². The van der Waals surface area contributed by atoms with Crippen LogP contribution in [-0.4, -0.2) is 33.3 Å². The third kappa shape index (κ3) is 4.87. The van der Waals surface area contributed by atoms with Crippen molar-refractivity contribution in [3.05, 3.63) is 59.2 Å². The van der Waals surface area contributed by atoms with E-state index in [2.05, 4.69) is 76.4 Å². The number of hydrogen-bond donors (Lipinski definition) is 1. The summed E-state index contributed by atoms with van der Waals surface area (Å²) in [4.78, 5) is 4.84. The van der Waals surface area contributed by atoms with Crippen molar-refractivity contribution in [3.63, 3.8) is 0 Å². The first-order valence-electron chi connectivity index (χ1n) is 11.2. The summed E-state index contributed by atoms with van der Waals surface area (Å²) >= 11 is 1.79. The molecule has 1 aliphatic heterocycles. The second-order valence-electron chi connectivity index (χ2n) is 8.47. The number of nitrogens with zero attached hydrogens (tertiary/aromatic N) is 3. The Labute approximate surface area is 199 Å². The van der Waals surface area contributed by atoms with Crippen molar-refractivity contribution in [3.8, 4) is 17.3 Å². The number of aromatic nitrogens is 3. The van der Waals surface area contributed by atoms with Gasteiger partial charge in [-0.2, -0.15) is 0 Å². The van der Waals surface area contributed by atoms with Gasteiger partial charge in [0.2, 0.25) is 0 Å². The minimum Gasteiger partial charge on any atom is -0.490 e. The lowest BCUT2D eigenvalue weighted by Crippen LogP contribution is -2.34. The van der Waals surface area contributed by atoms with E-state index in [0.29, 0.717) is 6.10 Å². The van der Waals surface area contributed by atoms with Crippen LogP contribution in [0.15, 0.2) is 48.0 Å². The molecule has 5 rings (SSSR count). The first-order chi connectivity index (χ1) is 15.2. The first-order valence-corrected chi connectivity index (χ1v) is 12.1. The van der Waals surface area contributed by atoms with Crippen LogP contribution in [0.1, 0.15) is 30.5 Å². The van der Waals surface area contributed by atoms with Crippen LogP contribution in [-0.2, 0) is 20.0 Å². The van der Waals surface area contributed by atoms with Crippen LogP contribution in [0.4, 0.5) is 0 Å². The minimum absolute atomic E-state index is 0. The average Bonchev–Trinajstić information content (AvgIpc) is 3.46. The van der Waals surface area contributed by atoms with Gasteiger partial charge in [-0.3, -0.25) is 0 Å². The van der Waals surface area contributed by atoms with Crippen molar-refractivity contribution in [1.82, 2.24) is 19.4 Å². The molecule has 1 aromatic carbocycles. The fourth-order valence-electron chi connectivity index (χ4n) is 4.48. The van der Waals surface area contributed by atoms with Gasteiger partial charge in [-0.15, -0.1) is 23.7 Å². The highest BCUT2D eigenvalue weighted by atomic mass is 35.5.